The van der Waals surface area contributed by atoms with Gasteiger partial charge in [-0.3, -0.25) is 9.59 Å². The number of para-hydroxylation sites is 2. The molecule has 1 aliphatic rings. The molecule has 0 aliphatic carbocycles. The summed E-state index contributed by atoms with van der Waals surface area (Å²) in [6.45, 7) is 6.70. The number of hydrogen-bond donors (Lipinski definition) is 1. The third kappa shape index (κ3) is 4.90. The molecule has 2 aromatic rings. The number of anilines is 2. The van der Waals surface area contributed by atoms with Crippen molar-refractivity contribution in [3.05, 3.63) is 52.5 Å². The maximum Gasteiger partial charge on any atom is 0.255 e. The summed E-state index contributed by atoms with van der Waals surface area (Å²) in [6, 6.07) is 13.0. The highest BCUT2D eigenvalue weighted by atomic mass is 79.9. The van der Waals surface area contributed by atoms with Crippen LogP contribution in [0.15, 0.2) is 46.9 Å². The second kappa shape index (κ2) is 9.31. The van der Waals surface area contributed by atoms with Crippen molar-refractivity contribution < 1.29 is 14.3 Å². The van der Waals surface area contributed by atoms with Gasteiger partial charge < -0.3 is 19.9 Å². The van der Waals surface area contributed by atoms with E-state index in [0.29, 0.717) is 24.4 Å². The van der Waals surface area contributed by atoms with Gasteiger partial charge in [-0.15, -0.1) is 0 Å². The minimum Gasteiger partial charge on any atom is -0.496 e. The number of ether oxygens (including phenoxy) is 1. The number of hydrogen-bond acceptors (Lipinski definition) is 4. The monoisotopic (exact) mass is 459 g/mol. The summed E-state index contributed by atoms with van der Waals surface area (Å²) >= 11 is 3.42. The molecule has 3 rings (SSSR count). The molecule has 1 fully saturated rings. The van der Waals surface area contributed by atoms with Gasteiger partial charge in [0.05, 0.1) is 23.0 Å². The Kier molecular flexibility index (Phi) is 6.79. The number of rotatable bonds is 5. The molecule has 154 valence electrons. The van der Waals surface area contributed by atoms with E-state index in [1.165, 1.54) is 0 Å². The SMILES string of the molecule is COc1ccc(C(=O)Nc2ccccc2N2CCN(C(=O)C(C)C)CC2)cc1Br. The standard InChI is InChI=1S/C22H26BrN3O3/c1-15(2)22(28)26-12-10-25(11-13-26)19-7-5-4-6-18(19)24-21(27)16-8-9-20(29-3)17(23)14-16/h4-9,14-15H,10-13H2,1-3H3,(H,24,27). The molecule has 0 radical (unpaired) electrons. The average Bonchev–Trinajstić information content (AvgIpc) is 2.73. The number of nitrogens with one attached hydrogen (secondary N) is 1. The van der Waals surface area contributed by atoms with E-state index in [2.05, 4.69) is 26.1 Å². The van der Waals surface area contributed by atoms with Gasteiger partial charge in [0.1, 0.15) is 5.75 Å². The van der Waals surface area contributed by atoms with Gasteiger partial charge in [-0.05, 0) is 46.3 Å². The number of carbonyl (C=O) groups excluding carboxylic acids is 2. The molecule has 0 spiro atoms. The third-order valence-corrected chi connectivity index (χ3v) is 5.61. The van der Waals surface area contributed by atoms with Crippen LogP contribution >= 0.6 is 15.9 Å². The van der Waals surface area contributed by atoms with Crippen molar-refractivity contribution in [2.45, 2.75) is 13.8 Å². The van der Waals surface area contributed by atoms with E-state index >= 15 is 0 Å². The van der Waals surface area contributed by atoms with Crippen molar-refractivity contribution in [1.82, 2.24) is 4.90 Å². The molecule has 29 heavy (non-hydrogen) atoms. The Morgan fingerprint density at radius 3 is 2.38 bits per heavy atom. The fourth-order valence-corrected chi connectivity index (χ4v) is 3.93. The van der Waals surface area contributed by atoms with Crippen LogP contribution in [0.3, 0.4) is 0 Å². The van der Waals surface area contributed by atoms with Gasteiger partial charge in [0.25, 0.3) is 5.91 Å². The smallest absolute Gasteiger partial charge is 0.255 e. The molecule has 0 bridgehead atoms. The first-order valence-electron chi connectivity index (χ1n) is 9.68. The summed E-state index contributed by atoms with van der Waals surface area (Å²) in [6.07, 6.45) is 0. The number of piperazine rings is 1. The lowest BCUT2D eigenvalue weighted by Crippen LogP contribution is -2.50. The first-order valence-corrected chi connectivity index (χ1v) is 10.5. The molecular weight excluding hydrogens is 434 g/mol. The molecule has 0 aromatic heterocycles. The van der Waals surface area contributed by atoms with Crippen molar-refractivity contribution in [2.75, 3.05) is 43.5 Å². The van der Waals surface area contributed by atoms with Crippen molar-refractivity contribution in [3.8, 4) is 5.75 Å². The van der Waals surface area contributed by atoms with Crippen LogP contribution in [-0.4, -0.2) is 50.0 Å². The molecule has 1 saturated heterocycles. The van der Waals surface area contributed by atoms with Crippen molar-refractivity contribution in [1.29, 1.82) is 0 Å². The number of methoxy groups -OCH3 is 1. The predicted molar refractivity (Wildman–Crippen MR) is 119 cm³/mol. The summed E-state index contributed by atoms with van der Waals surface area (Å²) in [5, 5.41) is 3.02. The highest BCUT2D eigenvalue weighted by molar-refractivity contribution is 9.10. The Morgan fingerprint density at radius 1 is 1.07 bits per heavy atom. The number of nitrogens with zero attached hydrogens (tertiary/aromatic N) is 2. The van der Waals surface area contributed by atoms with Crippen LogP contribution in [0.5, 0.6) is 5.75 Å². The molecular formula is C22H26BrN3O3. The quantitative estimate of drug-likeness (QED) is 0.733. The first kappa shape index (κ1) is 21.2. The zero-order valence-corrected chi connectivity index (χ0v) is 18.5. The number of halogens is 1. The molecule has 6 nitrogen and oxygen atoms in total. The molecule has 0 unspecified atom stereocenters. The third-order valence-electron chi connectivity index (χ3n) is 4.99. The lowest BCUT2D eigenvalue weighted by Gasteiger charge is -2.37. The van der Waals surface area contributed by atoms with Gasteiger partial charge in [0.15, 0.2) is 0 Å². The fourth-order valence-electron chi connectivity index (χ4n) is 3.39. The van der Waals surface area contributed by atoms with Crippen molar-refractivity contribution >= 4 is 39.1 Å². The lowest BCUT2D eigenvalue weighted by molar-refractivity contribution is -0.134. The first-order chi connectivity index (χ1) is 13.9. The van der Waals surface area contributed by atoms with E-state index in [1.807, 2.05) is 43.0 Å². The fraction of sp³-hybridized carbons (Fsp3) is 0.364. The molecule has 1 N–H and O–H groups in total. The predicted octanol–water partition coefficient (Wildman–Crippen LogP) is 4.01. The number of benzene rings is 2. The summed E-state index contributed by atoms with van der Waals surface area (Å²) < 4.78 is 5.95. The van der Waals surface area contributed by atoms with E-state index < -0.39 is 0 Å². The van der Waals surface area contributed by atoms with E-state index in [9.17, 15) is 9.59 Å². The Morgan fingerprint density at radius 2 is 1.76 bits per heavy atom. The Hall–Kier alpha value is -2.54. The van der Waals surface area contributed by atoms with Crippen LogP contribution in [0.4, 0.5) is 11.4 Å². The van der Waals surface area contributed by atoms with Crippen LogP contribution in [0.25, 0.3) is 0 Å². The molecule has 0 atom stereocenters. The minimum atomic E-state index is -0.186. The summed E-state index contributed by atoms with van der Waals surface area (Å²) in [4.78, 5) is 29.1. The minimum absolute atomic E-state index is 0.0111. The van der Waals surface area contributed by atoms with Gasteiger partial charge in [-0.25, -0.2) is 0 Å². The van der Waals surface area contributed by atoms with Crippen molar-refractivity contribution in [3.63, 3.8) is 0 Å². The number of amides is 2. The molecule has 7 heteroatoms. The normalized spacial score (nSPS) is 14.1. The molecule has 2 aromatic carbocycles. The number of carbonyl (C=O) groups is 2. The second-order valence-corrected chi connectivity index (χ2v) is 8.14. The van der Waals surface area contributed by atoms with Gasteiger partial charge >= 0.3 is 0 Å². The van der Waals surface area contributed by atoms with Crippen LogP contribution in [-0.2, 0) is 4.79 Å². The molecule has 1 heterocycles. The summed E-state index contributed by atoms with van der Waals surface area (Å²) in [5.74, 6) is 0.693. The van der Waals surface area contributed by atoms with Gasteiger partial charge in [-0.1, -0.05) is 26.0 Å². The summed E-state index contributed by atoms with van der Waals surface area (Å²) in [7, 11) is 1.59. The Labute approximate surface area is 180 Å². The second-order valence-electron chi connectivity index (χ2n) is 7.29. The maximum absolute atomic E-state index is 12.8. The maximum atomic E-state index is 12.8. The summed E-state index contributed by atoms with van der Waals surface area (Å²) in [5.41, 5.74) is 2.26. The molecule has 1 aliphatic heterocycles. The Balaban J connectivity index is 1.72. The average molecular weight is 460 g/mol. The van der Waals surface area contributed by atoms with Crippen LogP contribution in [0.1, 0.15) is 24.2 Å². The van der Waals surface area contributed by atoms with Crippen molar-refractivity contribution in [2.24, 2.45) is 5.92 Å². The lowest BCUT2D eigenvalue weighted by atomic mass is 10.1. The van der Waals surface area contributed by atoms with Gasteiger partial charge in [0.2, 0.25) is 5.91 Å². The van der Waals surface area contributed by atoms with Crippen LogP contribution < -0.4 is 15.0 Å². The topological polar surface area (TPSA) is 61.9 Å². The Bertz CT molecular complexity index is 893. The van der Waals surface area contributed by atoms with Gasteiger partial charge in [-0.2, -0.15) is 0 Å². The molecule has 0 saturated carbocycles. The van der Waals surface area contributed by atoms with E-state index in [-0.39, 0.29) is 17.7 Å². The van der Waals surface area contributed by atoms with E-state index in [1.54, 1.807) is 25.3 Å². The highest BCUT2D eigenvalue weighted by Crippen LogP contribution is 2.29. The van der Waals surface area contributed by atoms with E-state index in [0.717, 1.165) is 28.9 Å². The zero-order valence-electron chi connectivity index (χ0n) is 16.9. The zero-order chi connectivity index (χ0) is 21.0. The van der Waals surface area contributed by atoms with Crippen LogP contribution in [0.2, 0.25) is 0 Å². The largest absolute Gasteiger partial charge is 0.496 e. The van der Waals surface area contributed by atoms with Gasteiger partial charge in [0, 0.05) is 37.7 Å². The van der Waals surface area contributed by atoms with E-state index in [4.69, 9.17) is 4.74 Å². The highest BCUT2D eigenvalue weighted by Gasteiger charge is 2.24. The molecule has 2 amide bonds. The van der Waals surface area contributed by atoms with Crippen LogP contribution in [0, 0.1) is 5.92 Å².